The molecule has 0 aliphatic rings. The van der Waals surface area contributed by atoms with Gasteiger partial charge in [-0.3, -0.25) is 4.79 Å². The van der Waals surface area contributed by atoms with Crippen molar-refractivity contribution in [3.8, 4) is 11.3 Å². The fraction of sp³-hybridized carbons (Fsp3) is 0. The molecule has 0 fully saturated rings. The van der Waals surface area contributed by atoms with Crippen molar-refractivity contribution in [3.63, 3.8) is 0 Å². The smallest absolute Gasteiger partial charge is 0.200 e. The Hall–Kier alpha value is -2.02. The van der Waals surface area contributed by atoms with E-state index in [1.54, 1.807) is 0 Å². The molecule has 0 unspecified atom stereocenters. The molecule has 2 aromatic rings. The molecule has 0 atom stereocenters. The highest BCUT2D eigenvalue weighted by molar-refractivity contribution is 6.32. The molecular formula is C12H3ClF5NO. The Morgan fingerprint density at radius 1 is 0.900 bits per heavy atom. The summed E-state index contributed by atoms with van der Waals surface area (Å²) in [5.74, 6) is -10.5. The largest absolute Gasteiger partial charge is 0.296 e. The Bertz CT molecular complexity index is 690. The molecule has 2 nitrogen and oxygen atoms in total. The number of carbonyl (C=O) groups is 1. The second-order valence-corrected chi connectivity index (χ2v) is 4.03. The molecule has 0 amide bonds. The molecule has 0 saturated heterocycles. The number of benzene rings is 1. The summed E-state index contributed by atoms with van der Waals surface area (Å²) in [6.45, 7) is 0. The highest BCUT2D eigenvalue weighted by Crippen LogP contribution is 2.31. The molecule has 0 aliphatic carbocycles. The van der Waals surface area contributed by atoms with E-state index in [1.165, 1.54) is 0 Å². The summed E-state index contributed by atoms with van der Waals surface area (Å²) < 4.78 is 66.1. The minimum atomic E-state index is -2.27. The number of aldehydes is 1. The predicted octanol–water partition coefficient (Wildman–Crippen LogP) is 3.91. The van der Waals surface area contributed by atoms with E-state index >= 15 is 0 Å². The van der Waals surface area contributed by atoms with Crippen LogP contribution in [0, 0.1) is 29.1 Å². The maximum absolute atomic E-state index is 13.5. The van der Waals surface area contributed by atoms with Crippen molar-refractivity contribution in [1.29, 1.82) is 0 Å². The summed E-state index contributed by atoms with van der Waals surface area (Å²) >= 11 is 5.56. The lowest BCUT2D eigenvalue weighted by atomic mass is 10.1. The maximum Gasteiger partial charge on any atom is 0.200 e. The Balaban J connectivity index is 2.79. The molecule has 0 bridgehead atoms. The van der Waals surface area contributed by atoms with Crippen LogP contribution >= 0.6 is 11.6 Å². The zero-order valence-electron chi connectivity index (χ0n) is 9.36. The van der Waals surface area contributed by atoms with Crippen LogP contribution in [0.1, 0.15) is 10.5 Å². The summed E-state index contributed by atoms with van der Waals surface area (Å²) in [5.41, 5.74) is -2.20. The lowest BCUT2D eigenvalue weighted by Gasteiger charge is -2.08. The highest BCUT2D eigenvalue weighted by atomic mass is 35.5. The van der Waals surface area contributed by atoms with Gasteiger partial charge in [-0.1, -0.05) is 11.6 Å². The van der Waals surface area contributed by atoms with Gasteiger partial charge in [0.15, 0.2) is 29.6 Å². The second kappa shape index (κ2) is 5.16. The SMILES string of the molecule is O=Cc1nc(-c2c(F)c(F)c(F)c(F)c2F)ccc1Cl. The van der Waals surface area contributed by atoms with Crippen LogP contribution in [-0.2, 0) is 0 Å². The number of aromatic nitrogens is 1. The standard InChI is InChI=1S/C12H3ClF5NO/c13-4-1-2-5(19-6(4)3-20)7-8(14)10(16)12(18)11(17)9(7)15/h1-3H. The van der Waals surface area contributed by atoms with Crippen molar-refractivity contribution in [1.82, 2.24) is 4.98 Å². The number of rotatable bonds is 2. The first-order valence-electron chi connectivity index (χ1n) is 5.02. The number of pyridine rings is 1. The van der Waals surface area contributed by atoms with E-state index in [2.05, 4.69) is 4.98 Å². The zero-order chi connectivity index (χ0) is 15.0. The highest BCUT2D eigenvalue weighted by Gasteiger charge is 2.27. The van der Waals surface area contributed by atoms with Gasteiger partial charge < -0.3 is 0 Å². The lowest BCUT2D eigenvalue weighted by molar-refractivity contribution is 0.111. The molecule has 0 N–H and O–H groups in total. The van der Waals surface area contributed by atoms with Crippen molar-refractivity contribution >= 4 is 17.9 Å². The third-order valence-corrected chi connectivity index (χ3v) is 2.77. The summed E-state index contributed by atoms with van der Waals surface area (Å²) in [6.07, 6.45) is 0.192. The van der Waals surface area contributed by atoms with Gasteiger partial charge in [-0.2, -0.15) is 0 Å². The Labute approximate surface area is 113 Å². The van der Waals surface area contributed by atoms with Crippen LogP contribution in [0.3, 0.4) is 0 Å². The Morgan fingerprint density at radius 2 is 1.40 bits per heavy atom. The Kier molecular flexibility index (Phi) is 3.71. The first-order valence-corrected chi connectivity index (χ1v) is 5.39. The predicted molar refractivity (Wildman–Crippen MR) is 59.9 cm³/mol. The second-order valence-electron chi connectivity index (χ2n) is 3.63. The van der Waals surface area contributed by atoms with Crippen LogP contribution in [0.25, 0.3) is 11.3 Å². The van der Waals surface area contributed by atoms with E-state index in [4.69, 9.17) is 11.6 Å². The first kappa shape index (κ1) is 14.4. The summed E-state index contributed by atoms with van der Waals surface area (Å²) in [4.78, 5) is 14.1. The van der Waals surface area contributed by atoms with E-state index < -0.39 is 40.3 Å². The molecule has 1 heterocycles. The first-order chi connectivity index (χ1) is 9.38. The normalized spacial score (nSPS) is 10.7. The molecule has 0 spiro atoms. The lowest BCUT2D eigenvalue weighted by Crippen LogP contribution is -2.05. The van der Waals surface area contributed by atoms with Crippen molar-refractivity contribution in [2.45, 2.75) is 0 Å². The van der Waals surface area contributed by atoms with Crippen LogP contribution in [0.15, 0.2) is 12.1 Å². The van der Waals surface area contributed by atoms with Crippen LogP contribution in [0.2, 0.25) is 5.02 Å². The van der Waals surface area contributed by atoms with Gasteiger partial charge >= 0.3 is 0 Å². The van der Waals surface area contributed by atoms with Gasteiger partial charge in [0.2, 0.25) is 5.82 Å². The van der Waals surface area contributed by atoms with Gasteiger partial charge in [-0.15, -0.1) is 0 Å². The van der Waals surface area contributed by atoms with E-state index in [1.807, 2.05) is 0 Å². The molecule has 20 heavy (non-hydrogen) atoms. The van der Waals surface area contributed by atoms with E-state index in [0.717, 1.165) is 12.1 Å². The van der Waals surface area contributed by atoms with Crippen LogP contribution in [-0.4, -0.2) is 11.3 Å². The van der Waals surface area contributed by atoms with Gasteiger partial charge in [0.1, 0.15) is 5.69 Å². The third-order valence-electron chi connectivity index (χ3n) is 2.45. The molecule has 0 aliphatic heterocycles. The Morgan fingerprint density at radius 3 is 1.90 bits per heavy atom. The summed E-state index contributed by atoms with van der Waals surface area (Å²) in [5, 5.41) is -0.118. The number of halogens is 6. The monoisotopic (exact) mass is 307 g/mol. The van der Waals surface area contributed by atoms with Crippen LogP contribution in [0.4, 0.5) is 22.0 Å². The quantitative estimate of drug-likeness (QED) is 0.364. The average Bonchev–Trinajstić information content (AvgIpc) is 2.45. The summed E-state index contributed by atoms with van der Waals surface area (Å²) in [7, 11) is 0. The number of hydrogen-bond donors (Lipinski definition) is 0. The molecular weight excluding hydrogens is 305 g/mol. The minimum absolute atomic E-state index is 0.118. The topological polar surface area (TPSA) is 30.0 Å². The van der Waals surface area contributed by atoms with Crippen molar-refractivity contribution in [3.05, 3.63) is 51.9 Å². The maximum atomic E-state index is 13.5. The minimum Gasteiger partial charge on any atom is -0.296 e. The number of hydrogen-bond acceptors (Lipinski definition) is 2. The average molecular weight is 308 g/mol. The zero-order valence-corrected chi connectivity index (χ0v) is 10.1. The van der Waals surface area contributed by atoms with Gasteiger partial charge in [0, 0.05) is 0 Å². The fourth-order valence-electron chi connectivity index (χ4n) is 1.51. The number of nitrogens with zero attached hydrogens (tertiary/aromatic N) is 1. The van der Waals surface area contributed by atoms with Gasteiger partial charge in [-0.25, -0.2) is 26.9 Å². The van der Waals surface area contributed by atoms with Crippen molar-refractivity contribution in [2.75, 3.05) is 0 Å². The van der Waals surface area contributed by atoms with Crippen molar-refractivity contribution in [2.24, 2.45) is 0 Å². The summed E-state index contributed by atoms with van der Waals surface area (Å²) in [6, 6.07) is 2.00. The molecule has 1 aromatic carbocycles. The molecule has 8 heteroatoms. The van der Waals surface area contributed by atoms with E-state index in [0.29, 0.717) is 0 Å². The molecule has 2 rings (SSSR count). The molecule has 0 radical (unpaired) electrons. The van der Waals surface area contributed by atoms with Gasteiger partial charge in [-0.05, 0) is 12.1 Å². The molecule has 1 aromatic heterocycles. The number of carbonyl (C=O) groups excluding carboxylic acids is 1. The van der Waals surface area contributed by atoms with E-state index in [9.17, 15) is 26.7 Å². The molecule has 104 valence electrons. The van der Waals surface area contributed by atoms with Crippen LogP contribution in [0.5, 0.6) is 0 Å². The fourth-order valence-corrected chi connectivity index (χ4v) is 1.66. The van der Waals surface area contributed by atoms with Gasteiger partial charge in [0.05, 0.1) is 16.3 Å². The van der Waals surface area contributed by atoms with Gasteiger partial charge in [0.25, 0.3) is 0 Å². The third kappa shape index (κ3) is 2.14. The van der Waals surface area contributed by atoms with Crippen LogP contribution < -0.4 is 0 Å². The van der Waals surface area contributed by atoms with E-state index in [-0.39, 0.29) is 17.0 Å². The van der Waals surface area contributed by atoms with Crippen molar-refractivity contribution < 1.29 is 26.7 Å². The molecule has 0 saturated carbocycles.